The van der Waals surface area contributed by atoms with Crippen molar-refractivity contribution >= 4 is 5.91 Å². The molecule has 0 bridgehead atoms. The average Bonchev–Trinajstić information content (AvgIpc) is 2.19. The lowest BCUT2D eigenvalue weighted by atomic mass is 9.99. The number of rotatable bonds is 1. The molecule has 2 heterocycles. The summed E-state index contributed by atoms with van der Waals surface area (Å²) in [5.41, 5.74) is 1.11. The number of nitrogens with one attached hydrogen (secondary N) is 1. The molecule has 1 aliphatic rings. The Kier molecular flexibility index (Phi) is 2.25. The third-order valence-corrected chi connectivity index (χ3v) is 2.32. The summed E-state index contributed by atoms with van der Waals surface area (Å²) in [5.74, 6) is 0.153. The molecule has 3 nitrogen and oxygen atoms in total. The Morgan fingerprint density at radius 1 is 1.54 bits per heavy atom. The maximum absolute atomic E-state index is 11.1. The van der Waals surface area contributed by atoms with Crippen LogP contribution in [0.3, 0.4) is 0 Å². The maximum Gasteiger partial charge on any atom is 0.220 e. The van der Waals surface area contributed by atoms with E-state index in [1.165, 1.54) is 0 Å². The van der Waals surface area contributed by atoms with Gasteiger partial charge in [-0.15, -0.1) is 0 Å². The van der Waals surface area contributed by atoms with Gasteiger partial charge in [0.2, 0.25) is 5.91 Å². The molecule has 68 valence electrons. The van der Waals surface area contributed by atoms with Crippen LogP contribution in [0.4, 0.5) is 0 Å². The Balaban J connectivity index is 2.13. The van der Waals surface area contributed by atoms with Crippen LogP contribution in [0.2, 0.25) is 0 Å². The molecular formula is C10H12N2O. The molecule has 1 aromatic rings. The third kappa shape index (κ3) is 1.86. The Morgan fingerprint density at radius 2 is 2.46 bits per heavy atom. The van der Waals surface area contributed by atoms with Gasteiger partial charge in [-0.3, -0.25) is 9.78 Å². The molecular weight excluding hydrogens is 164 g/mol. The van der Waals surface area contributed by atoms with Crippen LogP contribution in [-0.2, 0) is 4.79 Å². The first kappa shape index (κ1) is 8.23. The molecule has 0 aliphatic carbocycles. The van der Waals surface area contributed by atoms with Crippen molar-refractivity contribution < 1.29 is 4.79 Å². The van der Waals surface area contributed by atoms with Crippen LogP contribution < -0.4 is 5.32 Å². The first-order valence-electron chi connectivity index (χ1n) is 4.55. The molecule has 1 unspecified atom stereocenters. The van der Waals surface area contributed by atoms with E-state index in [0.29, 0.717) is 6.42 Å². The number of nitrogens with zero attached hydrogens (tertiary/aromatic N) is 1. The highest BCUT2D eigenvalue weighted by molar-refractivity contribution is 5.77. The summed E-state index contributed by atoms with van der Waals surface area (Å²) in [6, 6.07) is 4.08. The summed E-state index contributed by atoms with van der Waals surface area (Å²) < 4.78 is 0. The van der Waals surface area contributed by atoms with E-state index < -0.39 is 0 Å². The van der Waals surface area contributed by atoms with Crippen LogP contribution in [0.25, 0.3) is 0 Å². The van der Waals surface area contributed by atoms with Gasteiger partial charge < -0.3 is 5.32 Å². The molecule has 1 aliphatic heterocycles. The molecule has 1 aromatic heterocycles. The van der Waals surface area contributed by atoms with Crippen LogP contribution in [-0.4, -0.2) is 10.9 Å². The SMILES string of the molecule is O=C1CCCC(c2cccnc2)N1. The number of aromatic nitrogens is 1. The van der Waals surface area contributed by atoms with Crippen LogP contribution in [0.15, 0.2) is 24.5 Å². The van der Waals surface area contributed by atoms with Crippen molar-refractivity contribution in [2.45, 2.75) is 25.3 Å². The molecule has 3 heteroatoms. The molecule has 1 fully saturated rings. The minimum Gasteiger partial charge on any atom is -0.349 e. The Hall–Kier alpha value is -1.38. The average molecular weight is 176 g/mol. The second-order valence-electron chi connectivity index (χ2n) is 3.30. The van der Waals surface area contributed by atoms with E-state index >= 15 is 0 Å². The molecule has 0 aromatic carbocycles. The van der Waals surface area contributed by atoms with E-state index in [-0.39, 0.29) is 11.9 Å². The standard InChI is InChI=1S/C10H12N2O/c13-10-5-1-4-9(12-10)8-3-2-6-11-7-8/h2-3,6-7,9H,1,4-5H2,(H,12,13). The van der Waals surface area contributed by atoms with Gasteiger partial charge in [0.1, 0.15) is 0 Å². The zero-order valence-electron chi connectivity index (χ0n) is 7.36. The first-order valence-corrected chi connectivity index (χ1v) is 4.55. The number of piperidine rings is 1. The van der Waals surface area contributed by atoms with E-state index in [2.05, 4.69) is 10.3 Å². The lowest BCUT2D eigenvalue weighted by Crippen LogP contribution is -2.32. The number of hydrogen-bond acceptors (Lipinski definition) is 2. The molecule has 1 atom stereocenters. The van der Waals surface area contributed by atoms with Crippen molar-refractivity contribution in [3.63, 3.8) is 0 Å². The lowest BCUT2D eigenvalue weighted by Gasteiger charge is -2.22. The van der Waals surface area contributed by atoms with Crippen LogP contribution in [0.5, 0.6) is 0 Å². The second kappa shape index (κ2) is 3.56. The van der Waals surface area contributed by atoms with E-state index in [0.717, 1.165) is 18.4 Å². The monoisotopic (exact) mass is 176 g/mol. The molecule has 0 spiro atoms. The highest BCUT2D eigenvalue weighted by atomic mass is 16.1. The number of hydrogen-bond donors (Lipinski definition) is 1. The van der Waals surface area contributed by atoms with Gasteiger partial charge in [-0.1, -0.05) is 6.07 Å². The quantitative estimate of drug-likeness (QED) is 0.703. The molecule has 0 saturated carbocycles. The van der Waals surface area contributed by atoms with Crippen molar-refractivity contribution in [1.82, 2.24) is 10.3 Å². The molecule has 13 heavy (non-hydrogen) atoms. The minimum absolute atomic E-state index is 0.153. The predicted molar refractivity (Wildman–Crippen MR) is 49.0 cm³/mol. The van der Waals surface area contributed by atoms with Crippen molar-refractivity contribution in [2.75, 3.05) is 0 Å². The normalized spacial score (nSPS) is 22.5. The predicted octanol–water partition coefficient (Wildman–Crippen LogP) is 1.42. The molecule has 1 N–H and O–H groups in total. The minimum atomic E-state index is 0.153. The van der Waals surface area contributed by atoms with Crippen molar-refractivity contribution in [3.8, 4) is 0 Å². The summed E-state index contributed by atoms with van der Waals surface area (Å²) in [6.45, 7) is 0. The summed E-state index contributed by atoms with van der Waals surface area (Å²) in [4.78, 5) is 15.1. The van der Waals surface area contributed by atoms with Crippen LogP contribution in [0, 0.1) is 0 Å². The fourth-order valence-corrected chi connectivity index (χ4v) is 1.64. The highest BCUT2D eigenvalue weighted by Gasteiger charge is 2.19. The summed E-state index contributed by atoms with van der Waals surface area (Å²) in [5, 5.41) is 2.95. The van der Waals surface area contributed by atoms with E-state index in [1.54, 1.807) is 6.20 Å². The summed E-state index contributed by atoms with van der Waals surface area (Å²) in [6.07, 6.45) is 6.23. The zero-order chi connectivity index (χ0) is 9.10. The van der Waals surface area contributed by atoms with E-state index in [1.807, 2.05) is 18.3 Å². The largest absolute Gasteiger partial charge is 0.349 e. The van der Waals surface area contributed by atoms with Gasteiger partial charge >= 0.3 is 0 Å². The van der Waals surface area contributed by atoms with Gasteiger partial charge in [-0.2, -0.15) is 0 Å². The lowest BCUT2D eigenvalue weighted by molar-refractivity contribution is -0.123. The Bertz CT molecular complexity index is 297. The topological polar surface area (TPSA) is 42.0 Å². The third-order valence-electron chi connectivity index (χ3n) is 2.32. The van der Waals surface area contributed by atoms with Gasteiger partial charge in [-0.05, 0) is 24.5 Å². The molecule has 1 saturated heterocycles. The maximum atomic E-state index is 11.1. The number of amides is 1. The van der Waals surface area contributed by atoms with Crippen molar-refractivity contribution in [3.05, 3.63) is 30.1 Å². The second-order valence-corrected chi connectivity index (χ2v) is 3.30. The van der Waals surface area contributed by atoms with Gasteiger partial charge in [0.25, 0.3) is 0 Å². The summed E-state index contributed by atoms with van der Waals surface area (Å²) in [7, 11) is 0. The number of pyridine rings is 1. The Labute approximate surface area is 77.2 Å². The highest BCUT2D eigenvalue weighted by Crippen LogP contribution is 2.21. The summed E-state index contributed by atoms with van der Waals surface area (Å²) >= 11 is 0. The first-order chi connectivity index (χ1) is 6.36. The molecule has 2 rings (SSSR count). The fraction of sp³-hybridized carbons (Fsp3) is 0.400. The van der Waals surface area contributed by atoms with Gasteiger partial charge in [0.15, 0.2) is 0 Å². The fourth-order valence-electron chi connectivity index (χ4n) is 1.64. The van der Waals surface area contributed by atoms with Crippen LogP contribution >= 0.6 is 0 Å². The number of carbonyl (C=O) groups is 1. The number of carbonyl (C=O) groups excluding carboxylic acids is 1. The van der Waals surface area contributed by atoms with Gasteiger partial charge in [0.05, 0.1) is 6.04 Å². The smallest absolute Gasteiger partial charge is 0.220 e. The van der Waals surface area contributed by atoms with Crippen molar-refractivity contribution in [1.29, 1.82) is 0 Å². The zero-order valence-corrected chi connectivity index (χ0v) is 7.36. The molecule has 1 amide bonds. The van der Waals surface area contributed by atoms with E-state index in [9.17, 15) is 4.79 Å². The van der Waals surface area contributed by atoms with Gasteiger partial charge in [-0.25, -0.2) is 0 Å². The Morgan fingerprint density at radius 3 is 3.15 bits per heavy atom. The van der Waals surface area contributed by atoms with Crippen LogP contribution in [0.1, 0.15) is 30.9 Å². The van der Waals surface area contributed by atoms with Crippen molar-refractivity contribution in [2.24, 2.45) is 0 Å². The van der Waals surface area contributed by atoms with Gasteiger partial charge in [0, 0.05) is 18.8 Å². The molecule has 0 radical (unpaired) electrons. The van der Waals surface area contributed by atoms with E-state index in [4.69, 9.17) is 0 Å².